The standard InChI is InChI=1S/C11H9BrF2O3/c12-6-1-2-7(13)9(10(6)14)11(15)8-5-16-3-4-17-8/h1-2,8H,3-5H2. The predicted octanol–water partition coefficient (Wildman–Crippen LogP) is 2.33. The number of carbonyl (C=O) groups is 1. The molecule has 1 heterocycles. The lowest BCUT2D eigenvalue weighted by Gasteiger charge is -2.22. The minimum atomic E-state index is -0.943. The first-order valence-corrected chi connectivity index (χ1v) is 5.77. The van der Waals surface area contributed by atoms with E-state index in [1.54, 1.807) is 0 Å². The van der Waals surface area contributed by atoms with Crippen molar-refractivity contribution in [2.24, 2.45) is 0 Å². The summed E-state index contributed by atoms with van der Waals surface area (Å²) in [6.45, 7) is 0.644. The molecule has 1 saturated heterocycles. The van der Waals surface area contributed by atoms with Gasteiger partial charge in [-0.3, -0.25) is 4.79 Å². The summed E-state index contributed by atoms with van der Waals surface area (Å²) in [6.07, 6.45) is -0.943. The first-order valence-electron chi connectivity index (χ1n) is 4.98. The highest BCUT2D eigenvalue weighted by Gasteiger charge is 2.29. The third-order valence-corrected chi connectivity index (χ3v) is 3.01. The molecule has 0 spiro atoms. The summed E-state index contributed by atoms with van der Waals surface area (Å²) in [7, 11) is 0. The Bertz CT molecular complexity index is 445. The van der Waals surface area contributed by atoms with Gasteiger partial charge in [0, 0.05) is 0 Å². The fourth-order valence-electron chi connectivity index (χ4n) is 1.55. The fraction of sp³-hybridized carbons (Fsp3) is 0.364. The number of rotatable bonds is 2. The number of carbonyl (C=O) groups excluding carboxylic acids is 1. The van der Waals surface area contributed by atoms with Gasteiger partial charge in [-0.15, -0.1) is 0 Å². The summed E-state index contributed by atoms with van der Waals surface area (Å²) in [5.74, 6) is -2.55. The van der Waals surface area contributed by atoms with Gasteiger partial charge in [0.25, 0.3) is 0 Å². The minimum Gasteiger partial charge on any atom is -0.376 e. The predicted molar refractivity (Wildman–Crippen MR) is 58.9 cm³/mol. The third-order valence-electron chi connectivity index (χ3n) is 2.40. The number of benzene rings is 1. The molecule has 0 N–H and O–H groups in total. The largest absolute Gasteiger partial charge is 0.376 e. The van der Waals surface area contributed by atoms with Gasteiger partial charge in [-0.05, 0) is 28.1 Å². The van der Waals surface area contributed by atoms with Gasteiger partial charge in [0.1, 0.15) is 11.9 Å². The Labute approximate surface area is 105 Å². The zero-order chi connectivity index (χ0) is 12.4. The van der Waals surface area contributed by atoms with Crippen molar-refractivity contribution < 1.29 is 23.0 Å². The quantitative estimate of drug-likeness (QED) is 0.621. The van der Waals surface area contributed by atoms with Crippen molar-refractivity contribution in [3.8, 4) is 0 Å². The summed E-state index contributed by atoms with van der Waals surface area (Å²) >= 11 is 2.91. The number of hydrogen-bond donors (Lipinski definition) is 0. The van der Waals surface area contributed by atoms with E-state index < -0.39 is 29.1 Å². The maximum Gasteiger partial charge on any atom is 0.199 e. The van der Waals surface area contributed by atoms with Gasteiger partial charge in [-0.2, -0.15) is 0 Å². The molecule has 0 aliphatic carbocycles. The average molecular weight is 307 g/mol. The molecule has 0 bridgehead atoms. The van der Waals surface area contributed by atoms with Crippen LogP contribution in [0.2, 0.25) is 0 Å². The Kier molecular flexibility index (Phi) is 3.86. The van der Waals surface area contributed by atoms with Crippen molar-refractivity contribution in [3.05, 3.63) is 33.8 Å². The zero-order valence-corrected chi connectivity index (χ0v) is 10.3. The van der Waals surface area contributed by atoms with Crippen LogP contribution in [0.25, 0.3) is 0 Å². The molecule has 1 aromatic rings. The maximum absolute atomic E-state index is 13.7. The van der Waals surface area contributed by atoms with E-state index in [0.717, 1.165) is 6.07 Å². The van der Waals surface area contributed by atoms with Crippen LogP contribution in [0.3, 0.4) is 0 Å². The molecule has 1 fully saturated rings. The number of ketones is 1. The number of Topliss-reactive ketones (excluding diaryl/α,β-unsaturated/α-hetero) is 1. The molecule has 17 heavy (non-hydrogen) atoms. The molecule has 1 aliphatic heterocycles. The highest BCUT2D eigenvalue weighted by Crippen LogP contribution is 2.23. The normalized spacial score (nSPS) is 20.3. The average Bonchev–Trinajstić information content (AvgIpc) is 2.35. The van der Waals surface area contributed by atoms with Gasteiger partial charge in [-0.25, -0.2) is 8.78 Å². The lowest BCUT2D eigenvalue weighted by Crippen LogP contribution is -2.36. The van der Waals surface area contributed by atoms with Crippen LogP contribution in [-0.4, -0.2) is 31.7 Å². The molecule has 0 radical (unpaired) electrons. The van der Waals surface area contributed by atoms with E-state index in [1.165, 1.54) is 6.07 Å². The molecule has 1 atom stereocenters. The van der Waals surface area contributed by atoms with E-state index in [0.29, 0.717) is 6.61 Å². The Hall–Kier alpha value is -0.850. The van der Waals surface area contributed by atoms with Crippen LogP contribution in [0, 0.1) is 11.6 Å². The second kappa shape index (κ2) is 5.20. The summed E-state index contributed by atoms with van der Waals surface area (Å²) < 4.78 is 37.3. The van der Waals surface area contributed by atoms with Crippen molar-refractivity contribution in [2.45, 2.75) is 6.10 Å². The van der Waals surface area contributed by atoms with Crippen LogP contribution >= 0.6 is 15.9 Å². The first kappa shape index (κ1) is 12.6. The van der Waals surface area contributed by atoms with Gasteiger partial charge < -0.3 is 9.47 Å². The van der Waals surface area contributed by atoms with Gasteiger partial charge >= 0.3 is 0 Å². The molecule has 0 amide bonds. The van der Waals surface area contributed by atoms with E-state index in [-0.39, 0.29) is 17.7 Å². The van der Waals surface area contributed by atoms with E-state index in [4.69, 9.17) is 9.47 Å². The highest BCUT2D eigenvalue weighted by molar-refractivity contribution is 9.10. The van der Waals surface area contributed by atoms with E-state index in [1.807, 2.05) is 0 Å². The second-order valence-electron chi connectivity index (χ2n) is 3.52. The Morgan fingerprint density at radius 2 is 2.12 bits per heavy atom. The Morgan fingerprint density at radius 3 is 2.76 bits per heavy atom. The molecule has 6 heteroatoms. The lowest BCUT2D eigenvalue weighted by atomic mass is 10.0. The molecule has 1 aromatic carbocycles. The van der Waals surface area contributed by atoms with Gasteiger partial charge in [-0.1, -0.05) is 0 Å². The summed E-state index contributed by atoms with van der Waals surface area (Å²) in [5, 5.41) is 0. The zero-order valence-electron chi connectivity index (χ0n) is 8.71. The van der Waals surface area contributed by atoms with Crippen LogP contribution in [0.1, 0.15) is 10.4 Å². The summed E-state index contributed by atoms with van der Waals surface area (Å²) in [5.41, 5.74) is -0.588. The third kappa shape index (κ3) is 2.53. The fourth-order valence-corrected chi connectivity index (χ4v) is 1.88. The topological polar surface area (TPSA) is 35.5 Å². The minimum absolute atomic E-state index is 0.0181. The number of halogens is 3. The SMILES string of the molecule is O=C(c1c(F)ccc(Br)c1F)C1COCCO1. The molecule has 1 aliphatic rings. The Morgan fingerprint density at radius 1 is 1.35 bits per heavy atom. The second-order valence-corrected chi connectivity index (χ2v) is 4.37. The molecule has 0 saturated carbocycles. The molecule has 92 valence electrons. The molecule has 0 aromatic heterocycles. The molecule has 3 nitrogen and oxygen atoms in total. The maximum atomic E-state index is 13.7. The summed E-state index contributed by atoms with van der Waals surface area (Å²) in [6, 6.07) is 2.24. The van der Waals surface area contributed by atoms with E-state index in [2.05, 4.69) is 15.9 Å². The van der Waals surface area contributed by atoms with Crippen LogP contribution in [0.4, 0.5) is 8.78 Å². The number of ether oxygens (including phenoxy) is 2. The molecular weight excluding hydrogens is 298 g/mol. The van der Waals surface area contributed by atoms with Gasteiger partial charge in [0.05, 0.1) is 29.9 Å². The molecule has 2 rings (SSSR count). The monoisotopic (exact) mass is 306 g/mol. The first-order chi connectivity index (χ1) is 8.11. The lowest BCUT2D eigenvalue weighted by molar-refractivity contribution is -0.0721. The van der Waals surface area contributed by atoms with E-state index in [9.17, 15) is 13.6 Å². The van der Waals surface area contributed by atoms with Crippen molar-refractivity contribution in [1.82, 2.24) is 0 Å². The van der Waals surface area contributed by atoms with Gasteiger partial charge in [0.2, 0.25) is 0 Å². The number of hydrogen-bond acceptors (Lipinski definition) is 3. The van der Waals surface area contributed by atoms with Crippen molar-refractivity contribution >= 4 is 21.7 Å². The van der Waals surface area contributed by atoms with Crippen molar-refractivity contribution in [2.75, 3.05) is 19.8 Å². The highest BCUT2D eigenvalue weighted by atomic mass is 79.9. The van der Waals surface area contributed by atoms with Crippen molar-refractivity contribution in [3.63, 3.8) is 0 Å². The van der Waals surface area contributed by atoms with Crippen LogP contribution in [-0.2, 0) is 9.47 Å². The van der Waals surface area contributed by atoms with Crippen LogP contribution in [0.15, 0.2) is 16.6 Å². The molecular formula is C11H9BrF2O3. The van der Waals surface area contributed by atoms with E-state index >= 15 is 0 Å². The molecule has 1 unspecified atom stereocenters. The van der Waals surface area contributed by atoms with Crippen molar-refractivity contribution in [1.29, 1.82) is 0 Å². The smallest absolute Gasteiger partial charge is 0.199 e. The van der Waals surface area contributed by atoms with Crippen LogP contribution < -0.4 is 0 Å². The Balaban J connectivity index is 2.32. The van der Waals surface area contributed by atoms with Crippen LogP contribution in [0.5, 0.6) is 0 Å². The van der Waals surface area contributed by atoms with Gasteiger partial charge in [0.15, 0.2) is 11.6 Å². The summed E-state index contributed by atoms with van der Waals surface area (Å²) in [4.78, 5) is 11.9.